The average Bonchev–Trinajstić information content (AvgIpc) is 3.45. The first kappa shape index (κ1) is 19.6. The van der Waals surface area contributed by atoms with Crippen molar-refractivity contribution in [1.29, 1.82) is 0 Å². The molecular weight excluding hydrogens is 458 g/mol. The zero-order valence-corrected chi connectivity index (χ0v) is 18.5. The van der Waals surface area contributed by atoms with Crippen molar-refractivity contribution < 1.29 is 4.79 Å². The molecule has 1 aliphatic rings. The van der Waals surface area contributed by atoms with Gasteiger partial charge in [-0.05, 0) is 55.7 Å². The molecule has 0 aliphatic heterocycles. The molecule has 144 valence electrons. The maximum absolute atomic E-state index is 13.0. The van der Waals surface area contributed by atoms with Crippen molar-refractivity contribution in [3.63, 3.8) is 0 Å². The number of rotatable bonds is 6. The summed E-state index contributed by atoms with van der Waals surface area (Å²) >= 11 is 11.0. The summed E-state index contributed by atoms with van der Waals surface area (Å²) in [4.78, 5) is 18.8. The SMILES string of the molecule is CCC/C(=N\NC(=O)c1cc(C2CC2)nc2ccc(Br)cc12)c1ccc(Cl)s1. The molecule has 3 aromatic rings. The van der Waals surface area contributed by atoms with E-state index >= 15 is 0 Å². The van der Waals surface area contributed by atoms with E-state index in [-0.39, 0.29) is 5.91 Å². The molecule has 0 unspecified atom stereocenters. The van der Waals surface area contributed by atoms with Crippen LogP contribution in [0.2, 0.25) is 4.34 Å². The maximum Gasteiger partial charge on any atom is 0.272 e. The number of hydrogen-bond donors (Lipinski definition) is 1. The zero-order chi connectivity index (χ0) is 19.7. The summed E-state index contributed by atoms with van der Waals surface area (Å²) in [6.45, 7) is 2.09. The number of carbonyl (C=O) groups is 1. The van der Waals surface area contributed by atoms with E-state index in [4.69, 9.17) is 16.6 Å². The minimum absolute atomic E-state index is 0.219. The van der Waals surface area contributed by atoms with Crippen LogP contribution in [0.1, 0.15) is 59.5 Å². The highest BCUT2D eigenvalue weighted by Gasteiger charge is 2.27. The number of aromatic nitrogens is 1. The van der Waals surface area contributed by atoms with Gasteiger partial charge in [0.25, 0.3) is 5.91 Å². The van der Waals surface area contributed by atoms with Crippen molar-refractivity contribution >= 4 is 61.4 Å². The van der Waals surface area contributed by atoms with Gasteiger partial charge < -0.3 is 0 Å². The van der Waals surface area contributed by atoms with Crippen LogP contribution in [0.4, 0.5) is 0 Å². The quantitative estimate of drug-likeness (QED) is 0.325. The van der Waals surface area contributed by atoms with Crippen molar-refractivity contribution in [2.24, 2.45) is 5.10 Å². The Kier molecular flexibility index (Phi) is 5.80. The minimum Gasteiger partial charge on any atom is -0.267 e. The minimum atomic E-state index is -0.219. The molecule has 0 saturated heterocycles. The molecule has 1 aromatic carbocycles. The smallest absolute Gasteiger partial charge is 0.267 e. The Labute approximate surface area is 181 Å². The van der Waals surface area contributed by atoms with Crippen LogP contribution < -0.4 is 5.43 Å². The Balaban J connectivity index is 1.68. The van der Waals surface area contributed by atoms with Gasteiger partial charge in [0, 0.05) is 21.5 Å². The van der Waals surface area contributed by atoms with Crippen LogP contribution in [0.3, 0.4) is 0 Å². The zero-order valence-electron chi connectivity index (χ0n) is 15.3. The van der Waals surface area contributed by atoms with Crippen LogP contribution in [0, 0.1) is 0 Å². The second kappa shape index (κ2) is 8.31. The third-order valence-electron chi connectivity index (χ3n) is 4.67. The van der Waals surface area contributed by atoms with Gasteiger partial charge in [-0.15, -0.1) is 11.3 Å². The molecule has 2 heterocycles. The van der Waals surface area contributed by atoms with E-state index in [1.807, 2.05) is 36.4 Å². The van der Waals surface area contributed by atoms with Gasteiger partial charge in [0.1, 0.15) is 0 Å². The van der Waals surface area contributed by atoms with Crippen molar-refractivity contribution in [3.05, 3.63) is 61.3 Å². The molecule has 1 N–H and O–H groups in total. The Hall–Kier alpha value is -1.76. The van der Waals surface area contributed by atoms with Crippen LogP contribution in [-0.4, -0.2) is 16.6 Å². The number of pyridine rings is 1. The molecule has 1 aliphatic carbocycles. The van der Waals surface area contributed by atoms with E-state index in [2.05, 4.69) is 33.4 Å². The Morgan fingerprint density at radius 3 is 2.82 bits per heavy atom. The largest absolute Gasteiger partial charge is 0.272 e. The molecule has 28 heavy (non-hydrogen) atoms. The number of nitrogens with zero attached hydrogens (tertiary/aromatic N) is 2. The molecule has 0 atom stereocenters. The molecule has 0 bridgehead atoms. The highest BCUT2D eigenvalue weighted by atomic mass is 79.9. The van der Waals surface area contributed by atoms with Crippen LogP contribution in [0.15, 0.2) is 46.0 Å². The normalized spacial score (nSPS) is 14.5. The second-order valence-corrected chi connectivity index (χ2v) is 9.51. The lowest BCUT2D eigenvalue weighted by Crippen LogP contribution is -2.20. The van der Waals surface area contributed by atoms with Crippen molar-refractivity contribution in [2.45, 2.75) is 38.5 Å². The van der Waals surface area contributed by atoms with Gasteiger partial charge >= 0.3 is 0 Å². The van der Waals surface area contributed by atoms with E-state index in [1.165, 1.54) is 11.3 Å². The van der Waals surface area contributed by atoms with Gasteiger partial charge in [-0.2, -0.15) is 5.10 Å². The van der Waals surface area contributed by atoms with Crippen molar-refractivity contribution in [1.82, 2.24) is 10.4 Å². The first-order valence-electron chi connectivity index (χ1n) is 9.28. The number of fused-ring (bicyclic) bond motifs is 1. The first-order valence-corrected chi connectivity index (χ1v) is 11.3. The average molecular weight is 477 g/mol. The number of hydrogen-bond acceptors (Lipinski definition) is 4. The Morgan fingerprint density at radius 2 is 2.14 bits per heavy atom. The van der Waals surface area contributed by atoms with Gasteiger partial charge in [-0.3, -0.25) is 9.78 Å². The monoisotopic (exact) mass is 475 g/mol. The maximum atomic E-state index is 13.0. The summed E-state index contributed by atoms with van der Waals surface area (Å²) in [6, 6.07) is 11.5. The van der Waals surface area contributed by atoms with Gasteiger partial charge in [-0.1, -0.05) is 40.9 Å². The van der Waals surface area contributed by atoms with E-state index in [0.29, 0.717) is 15.8 Å². The third-order valence-corrected chi connectivity index (χ3v) is 6.44. The molecule has 1 fully saturated rings. The number of nitrogens with one attached hydrogen (secondary N) is 1. The summed E-state index contributed by atoms with van der Waals surface area (Å²) in [5.74, 6) is 0.246. The highest BCUT2D eigenvalue weighted by Crippen LogP contribution is 2.40. The number of hydrazone groups is 1. The van der Waals surface area contributed by atoms with Crippen molar-refractivity contribution in [3.8, 4) is 0 Å². The number of halogens is 2. The van der Waals surface area contributed by atoms with Crippen molar-refractivity contribution in [2.75, 3.05) is 0 Å². The predicted molar refractivity (Wildman–Crippen MR) is 120 cm³/mol. The number of carbonyl (C=O) groups excluding carboxylic acids is 1. The van der Waals surface area contributed by atoms with Crippen LogP contribution >= 0.6 is 38.9 Å². The molecule has 1 amide bonds. The van der Waals surface area contributed by atoms with Gasteiger partial charge in [-0.25, -0.2) is 5.43 Å². The Bertz CT molecular complexity index is 1070. The van der Waals surface area contributed by atoms with Crippen LogP contribution in [0.5, 0.6) is 0 Å². The van der Waals surface area contributed by atoms with E-state index in [1.54, 1.807) is 0 Å². The molecular formula is C21H19BrClN3OS. The molecule has 0 spiro atoms. The lowest BCUT2D eigenvalue weighted by molar-refractivity contribution is 0.0956. The molecule has 4 nitrogen and oxygen atoms in total. The highest BCUT2D eigenvalue weighted by molar-refractivity contribution is 9.10. The van der Waals surface area contributed by atoms with Crippen LogP contribution in [0.25, 0.3) is 10.9 Å². The summed E-state index contributed by atoms with van der Waals surface area (Å²) in [6.07, 6.45) is 3.97. The summed E-state index contributed by atoms with van der Waals surface area (Å²) in [5.41, 5.74) is 6.03. The summed E-state index contributed by atoms with van der Waals surface area (Å²) < 4.78 is 1.63. The first-order chi connectivity index (χ1) is 13.5. The number of amides is 1. The fraction of sp³-hybridized carbons (Fsp3) is 0.286. The molecule has 4 rings (SSSR count). The summed E-state index contributed by atoms with van der Waals surface area (Å²) in [5, 5.41) is 5.25. The number of thiophene rings is 1. The van der Waals surface area contributed by atoms with Gasteiger partial charge in [0.15, 0.2) is 0 Å². The van der Waals surface area contributed by atoms with Gasteiger partial charge in [0.2, 0.25) is 0 Å². The molecule has 7 heteroatoms. The molecule has 1 saturated carbocycles. The fourth-order valence-electron chi connectivity index (χ4n) is 3.11. The lowest BCUT2D eigenvalue weighted by Gasteiger charge is -2.10. The molecule has 0 radical (unpaired) electrons. The van der Waals surface area contributed by atoms with E-state index in [9.17, 15) is 4.79 Å². The number of benzene rings is 1. The second-order valence-electron chi connectivity index (χ2n) is 6.88. The van der Waals surface area contributed by atoms with E-state index in [0.717, 1.165) is 57.3 Å². The Morgan fingerprint density at radius 1 is 1.32 bits per heavy atom. The van der Waals surface area contributed by atoms with E-state index < -0.39 is 0 Å². The summed E-state index contributed by atoms with van der Waals surface area (Å²) in [7, 11) is 0. The standard InChI is InChI=1S/C21H19BrClN3OS/c1-2-3-17(19-8-9-20(23)28-19)25-26-21(27)15-11-18(12-4-5-12)24-16-7-6-13(22)10-14(15)16/h6-12H,2-5H2,1H3,(H,26,27)/b25-17+. The molecule has 2 aromatic heterocycles. The fourth-order valence-corrected chi connectivity index (χ4v) is 4.53. The topological polar surface area (TPSA) is 54.4 Å². The van der Waals surface area contributed by atoms with Gasteiger partial charge in [0.05, 0.1) is 26.0 Å². The lowest BCUT2D eigenvalue weighted by atomic mass is 10.1. The predicted octanol–water partition coefficient (Wildman–Crippen LogP) is 6.52. The third kappa shape index (κ3) is 4.29. The van der Waals surface area contributed by atoms with Crippen LogP contribution in [-0.2, 0) is 0 Å².